The van der Waals surface area contributed by atoms with Crippen molar-refractivity contribution in [3.05, 3.63) is 22.4 Å². The maximum atomic E-state index is 11.6. The molecule has 0 aliphatic rings. The fourth-order valence-electron chi connectivity index (χ4n) is 1.34. The minimum Gasteiger partial charge on any atom is -0.212 e. The molecule has 0 radical (unpaired) electrons. The summed E-state index contributed by atoms with van der Waals surface area (Å²) in [4.78, 5) is 1.04. The minimum atomic E-state index is -3.28. The highest BCUT2D eigenvalue weighted by atomic mass is 35.5. The van der Waals surface area contributed by atoms with E-state index in [1.807, 2.05) is 31.4 Å². The average molecular weight is 282 g/mol. The quantitative estimate of drug-likeness (QED) is 0.815. The summed E-state index contributed by atoms with van der Waals surface area (Å²) in [6.07, 6.45) is 0. The number of nitrogens with one attached hydrogen (secondary N) is 1. The van der Waals surface area contributed by atoms with Gasteiger partial charge in [-0.2, -0.15) is 0 Å². The standard InChI is InChI=1S/C10H16ClNO2S2/c1-8(2)10(9-4-3-6-15-9)12-16(13,14)7-5-11/h3-4,6,8,10,12H,5,7H2,1-2H3. The zero-order valence-electron chi connectivity index (χ0n) is 9.31. The van der Waals surface area contributed by atoms with Crippen LogP contribution in [0.5, 0.6) is 0 Å². The second-order valence-corrected chi connectivity index (χ2v) is 7.09. The van der Waals surface area contributed by atoms with Crippen LogP contribution in [0.2, 0.25) is 0 Å². The van der Waals surface area contributed by atoms with Gasteiger partial charge in [-0.15, -0.1) is 22.9 Å². The molecule has 1 aromatic rings. The SMILES string of the molecule is CC(C)C(NS(=O)(=O)CCCl)c1cccs1. The van der Waals surface area contributed by atoms with Crippen LogP contribution in [0.4, 0.5) is 0 Å². The Bertz CT molecular complexity index is 400. The Balaban J connectivity index is 2.82. The molecular formula is C10H16ClNO2S2. The van der Waals surface area contributed by atoms with Crippen LogP contribution in [-0.2, 0) is 10.0 Å². The molecule has 0 saturated carbocycles. The number of rotatable bonds is 6. The van der Waals surface area contributed by atoms with Gasteiger partial charge in [0.2, 0.25) is 10.0 Å². The van der Waals surface area contributed by atoms with Gasteiger partial charge in [0, 0.05) is 10.8 Å². The van der Waals surface area contributed by atoms with Crippen molar-refractivity contribution >= 4 is 33.0 Å². The maximum absolute atomic E-state index is 11.6. The molecule has 92 valence electrons. The van der Waals surface area contributed by atoms with Gasteiger partial charge in [0.1, 0.15) is 0 Å². The summed E-state index contributed by atoms with van der Waals surface area (Å²) in [5.74, 6) is 0.289. The van der Waals surface area contributed by atoms with E-state index in [0.717, 1.165) is 4.88 Å². The Morgan fingerprint density at radius 2 is 2.19 bits per heavy atom. The van der Waals surface area contributed by atoms with Crippen LogP contribution in [0.15, 0.2) is 17.5 Å². The first-order chi connectivity index (χ1) is 7.46. The lowest BCUT2D eigenvalue weighted by molar-refractivity contribution is 0.469. The van der Waals surface area contributed by atoms with Crippen LogP contribution in [0.3, 0.4) is 0 Å². The molecule has 1 unspecified atom stereocenters. The molecule has 0 aliphatic heterocycles. The third kappa shape index (κ3) is 4.05. The highest BCUT2D eigenvalue weighted by molar-refractivity contribution is 7.89. The molecular weight excluding hydrogens is 266 g/mol. The summed E-state index contributed by atoms with van der Waals surface area (Å²) < 4.78 is 26.0. The summed E-state index contributed by atoms with van der Waals surface area (Å²) in [5, 5.41) is 1.95. The molecule has 0 spiro atoms. The fourth-order valence-corrected chi connectivity index (χ4v) is 4.09. The molecule has 16 heavy (non-hydrogen) atoms. The van der Waals surface area contributed by atoms with Gasteiger partial charge in [-0.05, 0) is 17.4 Å². The van der Waals surface area contributed by atoms with E-state index in [0.29, 0.717) is 0 Å². The molecule has 1 heterocycles. The highest BCUT2D eigenvalue weighted by Gasteiger charge is 2.22. The molecule has 1 aromatic heterocycles. The zero-order valence-corrected chi connectivity index (χ0v) is 11.7. The van der Waals surface area contributed by atoms with Gasteiger partial charge in [0.15, 0.2) is 0 Å². The van der Waals surface area contributed by atoms with Crippen LogP contribution in [0.1, 0.15) is 24.8 Å². The van der Waals surface area contributed by atoms with E-state index in [2.05, 4.69) is 4.72 Å². The van der Waals surface area contributed by atoms with Gasteiger partial charge < -0.3 is 0 Å². The van der Waals surface area contributed by atoms with Gasteiger partial charge in [-0.3, -0.25) is 0 Å². The number of thiophene rings is 1. The second-order valence-electron chi connectivity index (χ2n) is 3.86. The Hall–Kier alpha value is -0.100. The van der Waals surface area contributed by atoms with Crippen molar-refractivity contribution in [2.45, 2.75) is 19.9 Å². The van der Waals surface area contributed by atoms with Gasteiger partial charge >= 0.3 is 0 Å². The van der Waals surface area contributed by atoms with E-state index >= 15 is 0 Å². The first-order valence-corrected chi connectivity index (χ1v) is 8.12. The average Bonchev–Trinajstić information content (AvgIpc) is 2.66. The normalized spacial score (nSPS) is 14.2. The molecule has 0 amide bonds. The fraction of sp³-hybridized carbons (Fsp3) is 0.600. The molecule has 1 atom stereocenters. The lowest BCUT2D eigenvalue weighted by atomic mass is 10.0. The lowest BCUT2D eigenvalue weighted by Gasteiger charge is -2.20. The Kier molecular flexibility index (Phi) is 5.24. The molecule has 6 heteroatoms. The number of alkyl halides is 1. The molecule has 0 aromatic carbocycles. The Labute approximate surface area is 106 Å². The number of sulfonamides is 1. The van der Waals surface area contributed by atoms with E-state index in [1.165, 1.54) is 0 Å². The summed E-state index contributed by atoms with van der Waals surface area (Å²) in [7, 11) is -3.28. The van der Waals surface area contributed by atoms with Crippen molar-refractivity contribution in [1.82, 2.24) is 4.72 Å². The summed E-state index contributed by atoms with van der Waals surface area (Å²) in [6.45, 7) is 3.99. The monoisotopic (exact) mass is 281 g/mol. The summed E-state index contributed by atoms with van der Waals surface area (Å²) >= 11 is 7.02. The van der Waals surface area contributed by atoms with Crippen LogP contribution < -0.4 is 4.72 Å². The van der Waals surface area contributed by atoms with Crippen molar-refractivity contribution in [3.63, 3.8) is 0 Å². The Morgan fingerprint density at radius 1 is 1.50 bits per heavy atom. The topological polar surface area (TPSA) is 46.2 Å². The van der Waals surface area contributed by atoms with E-state index in [4.69, 9.17) is 11.6 Å². The summed E-state index contributed by atoms with van der Waals surface area (Å²) in [6, 6.07) is 3.71. The van der Waals surface area contributed by atoms with E-state index in [9.17, 15) is 8.42 Å². The van der Waals surface area contributed by atoms with Crippen LogP contribution >= 0.6 is 22.9 Å². The predicted molar refractivity (Wildman–Crippen MR) is 69.5 cm³/mol. The van der Waals surface area contributed by atoms with Gasteiger partial charge in [-0.1, -0.05) is 19.9 Å². The molecule has 0 fully saturated rings. The van der Waals surface area contributed by atoms with Crippen molar-refractivity contribution < 1.29 is 8.42 Å². The van der Waals surface area contributed by atoms with E-state index in [-0.39, 0.29) is 23.6 Å². The third-order valence-electron chi connectivity index (χ3n) is 2.17. The lowest BCUT2D eigenvalue weighted by Crippen LogP contribution is -2.33. The van der Waals surface area contributed by atoms with E-state index in [1.54, 1.807) is 11.3 Å². The zero-order chi connectivity index (χ0) is 12.2. The first-order valence-electron chi connectivity index (χ1n) is 5.05. The third-order valence-corrected chi connectivity index (χ3v) is 4.89. The van der Waals surface area contributed by atoms with Crippen molar-refractivity contribution in [2.24, 2.45) is 5.92 Å². The maximum Gasteiger partial charge on any atom is 0.213 e. The first kappa shape index (κ1) is 14.0. The van der Waals surface area contributed by atoms with Crippen LogP contribution in [-0.4, -0.2) is 20.1 Å². The number of hydrogen-bond donors (Lipinski definition) is 1. The molecule has 1 N–H and O–H groups in total. The van der Waals surface area contributed by atoms with Crippen LogP contribution in [0.25, 0.3) is 0 Å². The largest absolute Gasteiger partial charge is 0.213 e. The van der Waals surface area contributed by atoms with Crippen molar-refractivity contribution in [3.8, 4) is 0 Å². The number of halogens is 1. The molecule has 1 rings (SSSR count). The van der Waals surface area contributed by atoms with Crippen molar-refractivity contribution in [1.29, 1.82) is 0 Å². The molecule has 0 aliphatic carbocycles. The second kappa shape index (κ2) is 6.00. The van der Waals surface area contributed by atoms with Gasteiger partial charge in [-0.25, -0.2) is 13.1 Å². The van der Waals surface area contributed by atoms with Crippen LogP contribution in [0, 0.1) is 5.92 Å². The van der Waals surface area contributed by atoms with Crippen molar-refractivity contribution in [2.75, 3.05) is 11.6 Å². The smallest absolute Gasteiger partial charge is 0.212 e. The molecule has 3 nitrogen and oxygen atoms in total. The molecule has 0 saturated heterocycles. The molecule has 0 bridgehead atoms. The Morgan fingerprint density at radius 3 is 2.62 bits per heavy atom. The van der Waals surface area contributed by atoms with E-state index < -0.39 is 10.0 Å². The summed E-state index contributed by atoms with van der Waals surface area (Å²) in [5.41, 5.74) is 0. The van der Waals surface area contributed by atoms with Gasteiger partial charge in [0.25, 0.3) is 0 Å². The highest BCUT2D eigenvalue weighted by Crippen LogP contribution is 2.26. The predicted octanol–water partition coefficient (Wildman–Crippen LogP) is 2.60. The number of hydrogen-bond acceptors (Lipinski definition) is 3. The van der Waals surface area contributed by atoms with Gasteiger partial charge in [0.05, 0.1) is 11.8 Å². The minimum absolute atomic E-state index is 0.0385.